The Balaban J connectivity index is 1.75. The lowest BCUT2D eigenvalue weighted by molar-refractivity contribution is 0.452. The first-order chi connectivity index (χ1) is 13.1. The minimum atomic E-state index is -0.238. The largest absolute Gasteiger partial charge is 0.260 e. The van der Waals surface area contributed by atoms with Crippen molar-refractivity contribution < 1.29 is 0 Å². The Morgan fingerprint density at radius 3 is 2.89 bits per heavy atom. The molecule has 1 fully saturated rings. The van der Waals surface area contributed by atoms with Crippen molar-refractivity contribution in [3.8, 4) is 6.07 Å². The fourth-order valence-electron chi connectivity index (χ4n) is 4.76. The van der Waals surface area contributed by atoms with Crippen LogP contribution in [0.1, 0.15) is 51.0 Å². The van der Waals surface area contributed by atoms with Gasteiger partial charge < -0.3 is 0 Å². The minimum absolute atomic E-state index is 0.238. The van der Waals surface area contributed by atoms with Gasteiger partial charge in [0.1, 0.15) is 6.07 Å². The monoisotopic (exact) mass is 390 g/mol. The van der Waals surface area contributed by atoms with Crippen LogP contribution in [0.5, 0.6) is 0 Å². The van der Waals surface area contributed by atoms with Gasteiger partial charge in [-0.2, -0.15) is 5.26 Å². The Hall–Kier alpha value is -1.96. The summed E-state index contributed by atoms with van der Waals surface area (Å²) in [6, 6.07) is 10.7. The molecule has 4 heteroatoms. The molecule has 0 saturated heterocycles. The lowest BCUT2D eigenvalue weighted by Crippen LogP contribution is -2.41. The van der Waals surface area contributed by atoms with E-state index < -0.39 is 0 Å². The van der Waals surface area contributed by atoms with Crippen molar-refractivity contribution in [2.75, 3.05) is 0 Å². The lowest BCUT2D eigenvalue weighted by Gasteiger charge is -2.39. The van der Waals surface area contributed by atoms with Gasteiger partial charge >= 0.3 is 0 Å². The van der Waals surface area contributed by atoms with Crippen molar-refractivity contribution in [1.82, 2.24) is 0 Å². The third-order valence-electron chi connectivity index (χ3n) is 6.09. The predicted octanol–water partition coefficient (Wildman–Crippen LogP) is 6.13. The summed E-state index contributed by atoms with van der Waals surface area (Å²) in [7, 11) is 0. The molecule has 0 N–H and O–H groups in total. The number of thiocarbonyl (C=S) groups is 2. The Labute approximate surface area is 171 Å². The molecule has 1 aliphatic heterocycles. The van der Waals surface area contributed by atoms with E-state index in [1.807, 2.05) is 6.07 Å². The van der Waals surface area contributed by atoms with Crippen LogP contribution >= 0.6 is 24.4 Å². The highest BCUT2D eigenvalue weighted by Crippen LogP contribution is 2.49. The van der Waals surface area contributed by atoms with Gasteiger partial charge in [0.15, 0.2) is 0 Å². The second-order valence-corrected chi connectivity index (χ2v) is 8.67. The second-order valence-electron chi connectivity index (χ2n) is 7.69. The maximum atomic E-state index is 9.50. The average Bonchev–Trinajstić information content (AvgIpc) is 3.04. The van der Waals surface area contributed by atoms with Crippen molar-refractivity contribution in [1.29, 1.82) is 5.26 Å². The maximum absolute atomic E-state index is 9.50. The van der Waals surface area contributed by atoms with Gasteiger partial charge in [-0.25, -0.2) is 0 Å². The number of nitriles is 1. The predicted molar refractivity (Wildman–Crippen MR) is 119 cm³/mol. The fraction of sp³-hybridized carbons (Fsp3) is 0.391. The van der Waals surface area contributed by atoms with Gasteiger partial charge in [-0.1, -0.05) is 61.6 Å². The number of hydrogen-bond donors (Lipinski definition) is 0. The molecule has 27 heavy (non-hydrogen) atoms. The molecule has 2 atom stereocenters. The second kappa shape index (κ2) is 7.22. The van der Waals surface area contributed by atoms with Crippen molar-refractivity contribution in [2.24, 2.45) is 10.9 Å². The zero-order valence-corrected chi connectivity index (χ0v) is 17.1. The molecule has 1 aromatic carbocycles. The van der Waals surface area contributed by atoms with Crippen LogP contribution < -0.4 is 0 Å². The highest BCUT2D eigenvalue weighted by atomic mass is 32.1. The van der Waals surface area contributed by atoms with E-state index >= 15 is 0 Å². The summed E-state index contributed by atoms with van der Waals surface area (Å²) in [5, 5.41) is 9.50. The van der Waals surface area contributed by atoms with E-state index in [1.165, 1.54) is 16.7 Å². The molecule has 136 valence electrons. The summed E-state index contributed by atoms with van der Waals surface area (Å²) in [5.74, 6) is 0.391. The van der Waals surface area contributed by atoms with Gasteiger partial charge in [-0.3, -0.25) is 4.99 Å². The summed E-state index contributed by atoms with van der Waals surface area (Å²) in [5.41, 5.74) is 5.47. The Kier molecular flexibility index (Phi) is 4.92. The van der Waals surface area contributed by atoms with Crippen LogP contribution in [0.3, 0.4) is 0 Å². The highest BCUT2D eigenvalue weighted by molar-refractivity contribution is 7.81. The first-order valence-electron chi connectivity index (χ1n) is 9.64. The Morgan fingerprint density at radius 1 is 1.30 bits per heavy atom. The topological polar surface area (TPSA) is 36.1 Å². The zero-order valence-electron chi connectivity index (χ0n) is 15.5. The summed E-state index contributed by atoms with van der Waals surface area (Å²) >= 11 is 11.3. The van der Waals surface area contributed by atoms with Crippen molar-refractivity contribution >= 4 is 46.1 Å². The molecule has 0 bridgehead atoms. The van der Waals surface area contributed by atoms with E-state index in [9.17, 15) is 5.26 Å². The summed E-state index contributed by atoms with van der Waals surface area (Å²) < 4.78 is 0. The van der Waals surface area contributed by atoms with Gasteiger partial charge in [0, 0.05) is 22.4 Å². The molecule has 1 saturated carbocycles. The van der Waals surface area contributed by atoms with E-state index in [-0.39, 0.29) is 5.41 Å². The first kappa shape index (κ1) is 18.4. The van der Waals surface area contributed by atoms with Crippen LogP contribution in [0.25, 0.3) is 0 Å². The van der Waals surface area contributed by atoms with Crippen LogP contribution in [0.2, 0.25) is 0 Å². The van der Waals surface area contributed by atoms with Gasteiger partial charge in [0.2, 0.25) is 0 Å². The maximum Gasteiger partial charge on any atom is 0.100 e. The molecule has 3 aliphatic rings. The van der Waals surface area contributed by atoms with Gasteiger partial charge in [0.25, 0.3) is 0 Å². The average molecular weight is 391 g/mol. The molecule has 1 aromatic rings. The number of nitrogens with zero attached hydrogens (tertiary/aromatic N) is 2. The molecule has 1 heterocycles. The Morgan fingerprint density at radius 2 is 2.11 bits per heavy atom. The first-order valence-corrected chi connectivity index (χ1v) is 10.5. The molecule has 0 amide bonds. The highest BCUT2D eigenvalue weighted by Gasteiger charge is 2.45. The van der Waals surface area contributed by atoms with Gasteiger partial charge in [-0.05, 0) is 54.9 Å². The van der Waals surface area contributed by atoms with E-state index in [1.54, 1.807) is 0 Å². The van der Waals surface area contributed by atoms with E-state index in [2.05, 4.69) is 48.5 Å². The molecule has 2 aliphatic carbocycles. The van der Waals surface area contributed by atoms with Crippen molar-refractivity contribution in [3.63, 3.8) is 0 Å². The number of para-hydroxylation sites is 1. The number of rotatable bonds is 3. The van der Waals surface area contributed by atoms with Crippen molar-refractivity contribution in [2.45, 2.75) is 50.9 Å². The smallest absolute Gasteiger partial charge is 0.100 e. The SMILES string of the molecule is CCCC1=C(C2CCC(=S)C3(C=Nc4ccccc43)C2)C=C(C#N)C(=S)C1. The van der Waals surface area contributed by atoms with Crippen LogP contribution in [0.4, 0.5) is 5.69 Å². The number of benzene rings is 1. The molecule has 0 radical (unpaired) electrons. The number of fused-ring (bicyclic) bond motifs is 2. The third-order valence-corrected chi connectivity index (χ3v) is 7.02. The summed E-state index contributed by atoms with van der Waals surface area (Å²) in [6.07, 6.45) is 9.95. The molecule has 2 nitrogen and oxygen atoms in total. The molecule has 2 unspecified atom stereocenters. The van der Waals surface area contributed by atoms with Crippen molar-refractivity contribution in [3.05, 3.63) is 52.6 Å². The quantitative estimate of drug-likeness (QED) is 0.582. The summed E-state index contributed by atoms with van der Waals surface area (Å²) in [6.45, 7) is 2.20. The fourth-order valence-corrected chi connectivity index (χ4v) is 5.40. The van der Waals surface area contributed by atoms with Crippen LogP contribution in [0.15, 0.2) is 52.1 Å². The standard InChI is InChI=1S/C23H22N2S2/c1-2-5-15-11-21(26)17(13-24)10-18(15)16-8-9-22(27)23(12-16)14-25-20-7-4-3-6-19(20)23/h3-4,6-7,10,14,16H,2,5,8-9,11-12H2,1H3. The van der Waals surface area contributed by atoms with Crippen LogP contribution in [0, 0.1) is 17.2 Å². The molecule has 4 rings (SSSR count). The van der Waals surface area contributed by atoms with E-state index in [0.717, 1.165) is 53.9 Å². The molecule has 1 spiro atoms. The summed E-state index contributed by atoms with van der Waals surface area (Å²) in [4.78, 5) is 6.58. The molecule has 0 aromatic heterocycles. The Bertz CT molecular complexity index is 961. The number of hydrogen-bond acceptors (Lipinski definition) is 4. The third kappa shape index (κ3) is 3.03. The molecular weight excluding hydrogens is 368 g/mol. The van der Waals surface area contributed by atoms with Gasteiger partial charge in [-0.15, -0.1) is 0 Å². The van der Waals surface area contributed by atoms with Crippen LogP contribution in [-0.2, 0) is 5.41 Å². The normalized spacial score (nSPS) is 27.0. The van der Waals surface area contributed by atoms with E-state index in [4.69, 9.17) is 24.4 Å². The van der Waals surface area contributed by atoms with E-state index in [0.29, 0.717) is 11.5 Å². The van der Waals surface area contributed by atoms with Gasteiger partial charge in [0.05, 0.1) is 16.7 Å². The van der Waals surface area contributed by atoms with Crippen LogP contribution in [-0.4, -0.2) is 15.9 Å². The number of allylic oxidation sites excluding steroid dienone is 4. The molecular formula is C23H22N2S2. The minimum Gasteiger partial charge on any atom is -0.260 e. The number of aliphatic imine (C=N–C) groups is 1. The lowest BCUT2D eigenvalue weighted by atomic mass is 9.64. The zero-order chi connectivity index (χ0) is 19.0.